The Labute approximate surface area is 127 Å². The second-order valence-electron chi connectivity index (χ2n) is 6.07. The predicted octanol–water partition coefficient (Wildman–Crippen LogP) is 0.133. The fourth-order valence-electron chi connectivity index (χ4n) is 2.92. The maximum Gasteiger partial charge on any atom is 0.237 e. The third-order valence-electron chi connectivity index (χ3n) is 4.34. The van der Waals surface area contributed by atoms with Gasteiger partial charge in [0.05, 0.1) is 24.2 Å². The standard InChI is InChI=1S/C14H26N2O4S/c1-3-15(2)10-14(17)16(9-13-5-4-7-20-13)12-6-8-21(18,19)11-12/h12-13H,3-11H2,1-2H3. The molecule has 2 heterocycles. The van der Waals surface area contributed by atoms with E-state index < -0.39 is 9.84 Å². The summed E-state index contributed by atoms with van der Waals surface area (Å²) in [6, 6.07) is -0.183. The number of carbonyl (C=O) groups excluding carboxylic acids is 1. The molecule has 2 aliphatic heterocycles. The Hall–Kier alpha value is -0.660. The molecule has 122 valence electrons. The first kappa shape index (κ1) is 16.7. The monoisotopic (exact) mass is 318 g/mol. The van der Waals surface area contributed by atoms with E-state index in [0.717, 1.165) is 26.0 Å². The number of ether oxygens (including phenoxy) is 1. The highest BCUT2D eigenvalue weighted by molar-refractivity contribution is 7.91. The van der Waals surface area contributed by atoms with Gasteiger partial charge in [-0.2, -0.15) is 0 Å². The number of likely N-dealkylation sites (N-methyl/N-ethyl adjacent to an activating group) is 1. The summed E-state index contributed by atoms with van der Waals surface area (Å²) >= 11 is 0. The molecule has 2 unspecified atom stereocenters. The van der Waals surface area contributed by atoms with E-state index in [4.69, 9.17) is 4.74 Å². The van der Waals surface area contributed by atoms with Crippen molar-refractivity contribution in [1.82, 2.24) is 9.80 Å². The molecule has 0 radical (unpaired) electrons. The van der Waals surface area contributed by atoms with E-state index >= 15 is 0 Å². The van der Waals surface area contributed by atoms with Crippen molar-refractivity contribution in [2.75, 3.05) is 44.8 Å². The molecule has 2 fully saturated rings. The molecule has 2 rings (SSSR count). The van der Waals surface area contributed by atoms with Crippen molar-refractivity contribution < 1.29 is 17.9 Å². The second-order valence-corrected chi connectivity index (χ2v) is 8.30. The smallest absolute Gasteiger partial charge is 0.237 e. The van der Waals surface area contributed by atoms with Crippen LogP contribution in [-0.4, -0.2) is 81.1 Å². The maximum absolute atomic E-state index is 12.5. The number of amides is 1. The van der Waals surface area contributed by atoms with E-state index in [1.54, 1.807) is 4.90 Å². The molecule has 2 saturated heterocycles. The van der Waals surface area contributed by atoms with E-state index in [0.29, 0.717) is 19.5 Å². The molecule has 0 aliphatic carbocycles. The van der Waals surface area contributed by atoms with Crippen LogP contribution in [0.4, 0.5) is 0 Å². The van der Waals surface area contributed by atoms with Crippen LogP contribution in [0.5, 0.6) is 0 Å². The van der Waals surface area contributed by atoms with Gasteiger partial charge in [-0.05, 0) is 32.9 Å². The molecule has 0 aromatic rings. The maximum atomic E-state index is 12.5. The molecule has 0 bridgehead atoms. The molecule has 0 spiro atoms. The molecular formula is C14H26N2O4S. The van der Waals surface area contributed by atoms with Gasteiger partial charge >= 0.3 is 0 Å². The van der Waals surface area contributed by atoms with Crippen molar-refractivity contribution in [3.8, 4) is 0 Å². The summed E-state index contributed by atoms with van der Waals surface area (Å²) in [6.07, 6.45) is 2.58. The quantitative estimate of drug-likeness (QED) is 0.696. The topological polar surface area (TPSA) is 66.9 Å². The Morgan fingerprint density at radius 3 is 2.62 bits per heavy atom. The van der Waals surface area contributed by atoms with E-state index in [2.05, 4.69) is 0 Å². The van der Waals surface area contributed by atoms with Crippen molar-refractivity contribution in [3.05, 3.63) is 0 Å². The number of sulfone groups is 1. The van der Waals surface area contributed by atoms with Crippen LogP contribution in [-0.2, 0) is 19.4 Å². The number of nitrogens with zero attached hydrogens (tertiary/aromatic N) is 2. The molecule has 6 nitrogen and oxygen atoms in total. The number of carbonyl (C=O) groups is 1. The lowest BCUT2D eigenvalue weighted by Gasteiger charge is -2.31. The van der Waals surface area contributed by atoms with Crippen LogP contribution in [0, 0.1) is 0 Å². The number of rotatable bonds is 6. The highest BCUT2D eigenvalue weighted by Gasteiger charge is 2.36. The average Bonchev–Trinajstić information content (AvgIpc) is 3.04. The predicted molar refractivity (Wildman–Crippen MR) is 80.9 cm³/mol. The molecule has 1 amide bonds. The lowest BCUT2D eigenvalue weighted by Crippen LogP contribution is -2.48. The molecule has 2 aliphatic rings. The Bertz CT molecular complexity index is 460. The number of hydrogen-bond donors (Lipinski definition) is 0. The van der Waals surface area contributed by atoms with Gasteiger partial charge in [0.2, 0.25) is 5.91 Å². The van der Waals surface area contributed by atoms with E-state index in [-0.39, 0.29) is 29.6 Å². The first-order valence-corrected chi connectivity index (χ1v) is 9.53. The van der Waals surface area contributed by atoms with Crippen LogP contribution < -0.4 is 0 Å². The zero-order chi connectivity index (χ0) is 15.5. The van der Waals surface area contributed by atoms with Crippen molar-refractivity contribution in [3.63, 3.8) is 0 Å². The lowest BCUT2D eigenvalue weighted by atomic mass is 10.1. The summed E-state index contributed by atoms with van der Waals surface area (Å²) < 4.78 is 29.0. The van der Waals surface area contributed by atoms with Gasteiger partial charge in [0.25, 0.3) is 0 Å². The zero-order valence-electron chi connectivity index (χ0n) is 13.0. The zero-order valence-corrected chi connectivity index (χ0v) is 13.8. The van der Waals surface area contributed by atoms with Crippen LogP contribution in [0.1, 0.15) is 26.2 Å². The van der Waals surface area contributed by atoms with Gasteiger partial charge in [0.15, 0.2) is 9.84 Å². The minimum atomic E-state index is -2.99. The molecule has 0 aromatic heterocycles. The molecule has 0 saturated carbocycles. The molecule has 21 heavy (non-hydrogen) atoms. The van der Waals surface area contributed by atoms with Gasteiger partial charge in [-0.25, -0.2) is 8.42 Å². The summed E-state index contributed by atoms with van der Waals surface area (Å²) in [4.78, 5) is 16.2. The molecular weight excluding hydrogens is 292 g/mol. The Morgan fingerprint density at radius 1 is 1.33 bits per heavy atom. The molecule has 7 heteroatoms. The number of hydrogen-bond acceptors (Lipinski definition) is 5. The van der Waals surface area contributed by atoms with Crippen LogP contribution >= 0.6 is 0 Å². The summed E-state index contributed by atoms with van der Waals surface area (Å²) in [5.74, 6) is 0.301. The third-order valence-corrected chi connectivity index (χ3v) is 6.09. The largest absolute Gasteiger partial charge is 0.376 e. The van der Waals surface area contributed by atoms with Crippen LogP contribution in [0.2, 0.25) is 0 Å². The van der Waals surface area contributed by atoms with E-state index in [1.807, 2.05) is 18.9 Å². The van der Waals surface area contributed by atoms with Gasteiger partial charge < -0.3 is 9.64 Å². The normalized spacial score (nSPS) is 28.1. The molecule has 0 N–H and O–H groups in total. The van der Waals surface area contributed by atoms with Crippen molar-refractivity contribution in [2.45, 2.75) is 38.3 Å². The van der Waals surface area contributed by atoms with Crippen molar-refractivity contribution in [1.29, 1.82) is 0 Å². The summed E-state index contributed by atoms with van der Waals surface area (Å²) in [5, 5.41) is 0. The van der Waals surface area contributed by atoms with Gasteiger partial charge in [0, 0.05) is 19.2 Å². The Morgan fingerprint density at radius 2 is 2.10 bits per heavy atom. The minimum Gasteiger partial charge on any atom is -0.376 e. The first-order chi connectivity index (χ1) is 9.91. The Balaban J connectivity index is 2.04. The summed E-state index contributed by atoms with van der Waals surface area (Å²) in [6.45, 7) is 4.39. The van der Waals surface area contributed by atoms with Crippen molar-refractivity contribution >= 4 is 15.7 Å². The SMILES string of the molecule is CCN(C)CC(=O)N(CC1CCCO1)C1CCS(=O)(=O)C1. The van der Waals surface area contributed by atoms with Crippen LogP contribution in [0.25, 0.3) is 0 Å². The van der Waals surface area contributed by atoms with Crippen molar-refractivity contribution in [2.24, 2.45) is 0 Å². The first-order valence-electron chi connectivity index (χ1n) is 7.71. The molecule has 0 aromatic carbocycles. The average molecular weight is 318 g/mol. The van der Waals surface area contributed by atoms with E-state index in [1.165, 1.54) is 0 Å². The van der Waals surface area contributed by atoms with Gasteiger partial charge in [0.1, 0.15) is 0 Å². The summed E-state index contributed by atoms with van der Waals surface area (Å²) in [5.41, 5.74) is 0. The highest BCUT2D eigenvalue weighted by atomic mass is 32.2. The van der Waals surface area contributed by atoms with Crippen LogP contribution in [0.15, 0.2) is 0 Å². The van der Waals surface area contributed by atoms with E-state index in [9.17, 15) is 13.2 Å². The second kappa shape index (κ2) is 7.07. The van der Waals surface area contributed by atoms with Gasteiger partial charge in [-0.1, -0.05) is 6.92 Å². The summed E-state index contributed by atoms with van der Waals surface area (Å²) in [7, 11) is -1.09. The fraction of sp³-hybridized carbons (Fsp3) is 0.929. The minimum absolute atomic E-state index is 0.0111. The highest BCUT2D eigenvalue weighted by Crippen LogP contribution is 2.21. The van der Waals surface area contributed by atoms with Crippen LogP contribution in [0.3, 0.4) is 0 Å². The fourth-order valence-corrected chi connectivity index (χ4v) is 4.65. The van der Waals surface area contributed by atoms with Gasteiger partial charge in [-0.15, -0.1) is 0 Å². The third kappa shape index (κ3) is 4.66. The van der Waals surface area contributed by atoms with Gasteiger partial charge in [-0.3, -0.25) is 9.69 Å². The molecule has 2 atom stereocenters. The Kier molecular flexibility index (Phi) is 5.62. The lowest BCUT2D eigenvalue weighted by molar-refractivity contribution is -0.135.